The van der Waals surface area contributed by atoms with E-state index in [4.69, 9.17) is 27.9 Å². The number of nitrogens with zero attached hydrogens (tertiary/aromatic N) is 2. The average molecular weight is 712 g/mol. The number of esters is 1. The SMILES string of the molecule is CCCC(C(=O)Oc1ccc2c(c1)c(CC(=O)O)c(C)n2C(=O)c1ccc(Cl)cc1)c1c(C)n(C(=O)c2ccc(Cl)cc2)c2ccc(O)cc12. The van der Waals surface area contributed by atoms with Crippen LogP contribution in [0.5, 0.6) is 11.5 Å². The van der Waals surface area contributed by atoms with E-state index in [9.17, 15) is 29.4 Å². The van der Waals surface area contributed by atoms with Crippen molar-refractivity contribution >= 4 is 68.8 Å². The molecule has 9 nitrogen and oxygen atoms in total. The van der Waals surface area contributed by atoms with Crippen molar-refractivity contribution in [1.82, 2.24) is 9.13 Å². The zero-order valence-electron chi connectivity index (χ0n) is 27.4. The molecule has 0 spiro atoms. The van der Waals surface area contributed by atoms with Crippen molar-refractivity contribution in [2.75, 3.05) is 0 Å². The van der Waals surface area contributed by atoms with Crippen LogP contribution >= 0.6 is 23.2 Å². The van der Waals surface area contributed by atoms with E-state index in [1.54, 1.807) is 86.6 Å². The van der Waals surface area contributed by atoms with Gasteiger partial charge in [0.15, 0.2) is 0 Å². The quantitative estimate of drug-likeness (QED) is 0.113. The number of hydrogen-bond donors (Lipinski definition) is 2. The summed E-state index contributed by atoms with van der Waals surface area (Å²) < 4.78 is 8.97. The molecular formula is C39H32Cl2N2O7. The van der Waals surface area contributed by atoms with E-state index in [1.807, 2.05) is 6.92 Å². The number of carbonyl (C=O) groups is 4. The summed E-state index contributed by atoms with van der Waals surface area (Å²) in [6.45, 7) is 5.36. The van der Waals surface area contributed by atoms with Gasteiger partial charge >= 0.3 is 11.9 Å². The highest BCUT2D eigenvalue weighted by atomic mass is 35.5. The molecule has 6 aromatic rings. The summed E-state index contributed by atoms with van der Waals surface area (Å²) in [7, 11) is 0. The Morgan fingerprint density at radius 1 is 0.740 bits per heavy atom. The highest BCUT2D eigenvalue weighted by Crippen LogP contribution is 2.38. The van der Waals surface area contributed by atoms with Gasteiger partial charge in [-0.25, -0.2) is 0 Å². The molecule has 1 unspecified atom stereocenters. The number of ether oxygens (including phenoxy) is 1. The molecule has 1 atom stereocenters. The lowest BCUT2D eigenvalue weighted by atomic mass is 9.92. The van der Waals surface area contributed by atoms with Crippen molar-refractivity contribution in [2.24, 2.45) is 0 Å². The van der Waals surface area contributed by atoms with Gasteiger partial charge in [0.05, 0.1) is 23.4 Å². The molecular weight excluding hydrogens is 679 g/mol. The van der Waals surface area contributed by atoms with Crippen LogP contribution in [0.4, 0.5) is 0 Å². The van der Waals surface area contributed by atoms with Crippen LogP contribution in [-0.4, -0.2) is 43.1 Å². The van der Waals surface area contributed by atoms with Crippen molar-refractivity contribution in [1.29, 1.82) is 0 Å². The van der Waals surface area contributed by atoms with Crippen LogP contribution < -0.4 is 4.74 Å². The van der Waals surface area contributed by atoms with Crippen molar-refractivity contribution < 1.29 is 34.1 Å². The normalized spacial score (nSPS) is 11.9. The molecule has 2 N–H and O–H groups in total. The fraction of sp³-hybridized carbons (Fsp3) is 0.179. The maximum Gasteiger partial charge on any atom is 0.318 e. The molecule has 254 valence electrons. The van der Waals surface area contributed by atoms with Crippen LogP contribution in [0.3, 0.4) is 0 Å². The third kappa shape index (κ3) is 6.37. The minimum atomic E-state index is -1.08. The van der Waals surface area contributed by atoms with Crippen LogP contribution in [0, 0.1) is 13.8 Å². The Kier molecular flexibility index (Phi) is 9.56. The van der Waals surface area contributed by atoms with Crippen molar-refractivity contribution in [3.8, 4) is 11.5 Å². The highest BCUT2D eigenvalue weighted by molar-refractivity contribution is 6.31. The van der Waals surface area contributed by atoms with E-state index in [1.165, 1.54) is 21.3 Å². The summed E-state index contributed by atoms with van der Waals surface area (Å²) in [5.74, 6) is -3.05. The van der Waals surface area contributed by atoms with E-state index in [-0.39, 0.29) is 29.7 Å². The Hall–Kier alpha value is -5.38. The largest absolute Gasteiger partial charge is 0.508 e. The molecule has 0 saturated carbocycles. The number of fused-ring (bicyclic) bond motifs is 2. The van der Waals surface area contributed by atoms with E-state index in [0.717, 1.165) is 0 Å². The molecule has 4 aromatic carbocycles. The number of halogens is 2. The van der Waals surface area contributed by atoms with Gasteiger partial charge in [-0.1, -0.05) is 36.5 Å². The lowest BCUT2D eigenvalue weighted by Gasteiger charge is -2.17. The van der Waals surface area contributed by atoms with Gasteiger partial charge in [-0.15, -0.1) is 0 Å². The minimum Gasteiger partial charge on any atom is -0.508 e. The molecule has 0 bridgehead atoms. The lowest BCUT2D eigenvalue weighted by molar-refractivity contribution is -0.137. The van der Waals surface area contributed by atoms with E-state index in [2.05, 4.69) is 0 Å². The van der Waals surface area contributed by atoms with E-state index in [0.29, 0.717) is 78.3 Å². The molecule has 0 fully saturated rings. The van der Waals surface area contributed by atoms with E-state index >= 15 is 0 Å². The number of aliphatic carboxylic acids is 1. The van der Waals surface area contributed by atoms with Crippen LogP contribution in [-0.2, 0) is 16.0 Å². The first kappa shape index (κ1) is 34.5. The van der Waals surface area contributed by atoms with Gasteiger partial charge in [-0.05, 0) is 116 Å². The smallest absolute Gasteiger partial charge is 0.318 e. The third-order valence-corrected chi connectivity index (χ3v) is 9.39. The summed E-state index contributed by atoms with van der Waals surface area (Å²) in [5, 5.41) is 22.1. The number of aromatic hydroxyl groups is 1. The molecule has 0 radical (unpaired) electrons. The number of phenols is 1. The fourth-order valence-electron chi connectivity index (χ4n) is 6.59. The Morgan fingerprint density at radius 2 is 1.28 bits per heavy atom. The Morgan fingerprint density at radius 3 is 1.84 bits per heavy atom. The molecule has 6 rings (SSSR count). The Bertz CT molecular complexity index is 2320. The highest BCUT2D eigenvalue weighted by Gasteiger charge is 2.31. The van der Waals surface area contributed by atoms with Crippen LogP contribution in [0.15, 0.2) is 84.9 Å². The second-order valence-electron chi connectivity index (χ2n) is 12.1. The predicted octanol–water partition coefficient (Wildman–Crippen LogP) is 8.72. The van der Waals surface area contributed by atoms with Crippen LogP contribution in [0.25, 0.3) is 21.8 Å². The molecule has 0 amide bonds. The van der Waals surface area contributed by atoms with Crippen LogP contribution in [0.2, 0.25) is 10.0 Å². The monoisotopic (exact) mass is 710 g/mol. The molecule has 0 aliphatic heterocycles. The zero-order valence-corrected chi connectivity index (χ0v) is 28.9. The first-order valence-electron chi connectivity index (χ1n) is 15.9. The molecule has 50 heavy (non-hydrogen) atoms. The second kappa shape index (κ2) is 13.9. The van der Waals surface area contributed by atoms with Crippen molar-refractivity contribution in [2.45, 2.75) is 46.0 Å². The van der Waals surface area contributed by atoms with Crippen LogP contribution in [0.1, 0.15) is 68.9 Å². The topological polar surface area (TPSA) is 128 Å². The number of carboxylic acid groups (broad SMARTS) is 1. The molecule has 0 aliphatic rings. The molecule has 0 aliphatic carbocycles. The number of aromatic nitrogens is 2. The van der Waals surface area contributed by atoms with Crippen molar-refractivity contribution in [3.63, 3.8) is 0 Å². The summed E-state index contributed by atoms with van der Waals surface area (Å²) in [6.07, 6.45) is 0.622. The Balaban J connectivity index is 1.42. The molecule has 11 heteroatoms. The Labute approximate surface area is 297 Å². The summed E-state index contributed by atoms with van der Waals surface area (Å²) >= 11 is 12.1. The predicted molar refractivity (Wildman–Crippen MR) is 192 cm³/mol. The number of carbonyl (C=O) groups excluding carboxylic acids is 3. The van der Waals surface area contributed by atoms with Gasteiger partial charge < -0.3 is 14.9 Å². The molecule has 2 heterocycles. The van der Waals surface area contributed by atoms with Crippen molar-refractivity contribution in [3.05, 3.63) is 129 Å². The first-order valence-corrected chi connectivity index (χ1v) is 16.7. The number of hydrogen-bond acceptors (Lipinski definition) is 6. The maximum absolute atomic E-state index is 14.1. The second-order valence-corrected chi connectivity index (χ2v) is 12.9. The zero-order chi connectivity index (χ0) is 35.9. The first-order chi connectivity index (χ1) is 23.9. The molecule has 0 saturated heterocycles. The lowest BCUT2D eigenvalue weighted by Crippen LogP contribution is -2.20. The standard InChI is InChI=1S/C39H32Cl2N2O7/c1-4-5-29(36-22(3)43(34-16-14-27(44)18-32(34)36)38(48)24-8-12-26(41)13-9-24)39(49)50-28-15-17-33-31(19-28)30(20-35(45)46)21(2)42(33)37(47)23-6-10-25(40)11-7-23/h6-19,29,44H,4-5,20H2,1-3H3,(H,45,46). The minimum absolute atomic E-state index is 0.0251. The summed E-state index contributed by atoms with van der Waals surface area (Å²) in [4.78, 5) is 53.5. The number of benzene rings is 4. The maximum atomic E-state index is 14.1. The van der Waals surface area contributed by atoms with Gasteiger partial charge in [0, 0.05) is 43.3 Å². The number of carboxylic acids is 1. The van der Waals surface area contributed by atoms with E-state index < -0.39 is 17.9 Å². The number of rotatable bonds is 9. The van der Waals surface area contributed by atoms with Gasteiger partial charge in [-0.3, -0.25) is 28.3 Å². The van der Waals surface area contributed by atoms with Gasteiger partial charge in [0.25, 0.3) is 11.8 Å². The number of phenolic OH excluding ortho intramolecular Hbond substituents is 1. The van der Waals surface area contributed by atoms with Gasteiger partial charge in [0.2, 0.25) is 0 Å². The third-order valence-electron chi connectivity index (χ3n) is 8.89. The summed E-state index contributed by atoms with van der Waals surface area (Å²) in [5.41, 5.74) is 3.66. The van der Waals surface area contributed by atoms with Gasteiger partial charge in [-0.2, -0.15) is 0 Å². The summed E-state index contributed by atoms with van der Waals surface area (Å²) in [6, 6.07) is 22.3. The fourth-order valence-corrected chi connectivity index (χ4v) is 6.85. The van der Waals surface area contributed by atoms with Gasteiger partial charge in [0.1, 0.15) is 11.5 Å². The molecule has 2 aromatic heterocycles. The average Bonchev–Trinajstić information content (AvgIpc) is 3.51.